The van der Waals surface area contributed by atoms with Gasteiger partial charge < -0.3 is 21.1 Å². The maximum Gasteiger partial charge on any atom is 0.410 e. The van der Waals surface area contributed by atoms with Crippen LogP contribution in [0.2, 0.25) is 0 Å². The molecule has 0 radical (unpaired) electrons. The number of fused-ring (bicyclic) bond motifs is 2. The molecule has 8 nitrogen and oxygen atoms in total. The van der Waals surface area contributed by atoms with Crippen LogP contribution in [0.1, 0.15) is 74.6 Å². The zero-order chi connectivity index (χ0) is 26.3. The molecule has 0 bridgehead atoms. The highest BCUT2D eigenvalue weighted by atomic mass is 32.1. The first-order valence-corrected chi connectivity index (χ1v) is 12.8. The van der Waals surface area contributed by atoms with Gasteiger partial charge in [0.15, 0.2) is 11.7 Å². The molecule has 5 rings (SSSR count). The number of aryl methyl sites for hydroxylation is 1. The average molecular weight is 534 g/mol. The number of carbonyl (C=O) groups excluding carboxylic acids is 2. The number of rotatable bonds is 5. The third-order valence-electron chi connectivity index (χ3n) is 6.84. The summed E-state index contributed by atoms with van der Waals surface area (Å²) >= 11 is 1.29. The number of benzene rings is 1. The molecule has 0 spiro atoms. The highest BCUT2D eigenvalue weighted by molar-refractivity contribution is 7.17. The normalized spacial score (nSPS) is 19.2. The maximum absolute atomic E-state index is 14.0. The Balaban J connectivity index is 1.44. The van der Waals surface area contributed by atoms with Crippen molar-refractivity contribution in [3.8, 4) is 5.75 Å². The van der Waals surface area contributed by atoms with E-state index < -0.39 is 30.1 Å². The average Bonchev–Trinajstić information content (AvgIpc) is 3.36. The quantitative estimate of drug-likeness (QED) is 0.389. The van der Waals surface area contributed by atoms with Crippen LogP contribution in [-0.4, -0.2) is 34.9 Å². The third-order valence-corrected chi connectivity index (χ3v) is 8.04. The van der Waals surface area contributed by atoms with Gasteiger partial charge in [0.1, 0.15) is 16.6 Å². The smallest absolute Gasteiger partial charge is 0.410 e. The van der Waals surface area contributed by atoms with Crippen LogP contribution in [0.25, 0.3) is 0 Å². The van der Waals surface area contributed by atoms with Crippen LogP contribution in [0.5, 0.6) is 5.75 Å². The lowest BCUT2D eigenvalue weighted by atomic mass is 9.97. The van der Waals surface area contributed by atoms with E-state index in [0.717, 1.165) is 40.8 Å². The monoisotopic (exact) mass is 533 g/mol. The number of methoxy groups -OCH3 is 1. The van der Waals surface area contributed by atoms with Crippen LogP contribution in [-0.2, 0) is 12.8 Å². The Morgan fingerprint density at radius 2 is 1.92 bits per heavy atom. The number of hydrogen-bond acceptors (Lipinski definition) is 6. The van der Waals surface area contributed by atoms with Crippen LogP contribution < -0.4 is 21.1 Å². The number of thiophene rings is 1. The highest BCUT2D eigenvalue weighted by Crippen LogP contribution is 2.44. The molecule has 0 fully saturated rings. The summed E-state index contributed by atoms with van der Waals surface area (Å²) in [5.41, 5.74) is 7.24. The first-order chi connectivity index (χ1) is 17.7. The molecule has 1 aliphatic heterocycles. The molecule has 12 heteroatoms. The van der Waals surface area contributed by atoms with E-state index in [1.165, 1.54) is 24.5 Å². The molecule has 0 saturated carbocycles. The fourth-order valence-electron chi connectivity index (χ4n) is 5.00. The van der Waals surface area contributed by atoms with Crippen molar-refractivity contribution in [2.75, 3.05) is 17.7 Å². The van der Waals surface area contributed by atoms with Crippen LogP contribution in [0.3, 0.4) is 0 Å². The number of ether oxygens (including phenoxy) is 1. The number of aromatic nitrogens is 2. The standard InChI is InChI=1S/C25H26F3N5O3S/c1-36-14-9-7-13(8-10-14)16-11-19(25(26,27)28)33-20(30-16)12-17(32-33)23(35)31-24-21(22(29)34)15-5-3-2-4-6-18(15)37-24/h7-10,12,16,19,30H,2-6,11H2,1H3,(H2,29,34)(H,31,35)/t16-,19-/m1/s1. The first kappa shape index (κ1) is 25.1. The van der Waals surface area contributed by atoms with Gasteiger partial charge in [0.05, 0.1) is 18.7 Å². The molecule has 0 saturated heterocycles. The Morgan fingerprint density at radius 3 is 2.59 bits per heavy atom. The van der Waals surface area contributed by atoms with E-state index >= 15 is 0 Å². The Labute approximate surface area is 215 Å². The number of alkyl halides is 3. The van der Waals surface area contributed by atoms with Gasteiger partial charge in [-0.3, -0.25) is 9.59 Å². The molecular weight excluding hydrogens is 507 g/mol. The number of carbonyl (C=O) groups is 2. The Morgan fingerprint density at radius 1 is 1.19 bits per heavy atom. The molecule has 3 heterocycles. The van der Waals surface area contributed by atoms with E-state index in [1.807, 2.05) is 0 Å². The Bertz CT molecular complexity index is 1330. The molecule has 3 aromatic rings. The van der Waals surface area contributed by atoms with E-state index in [2.05, 4.69) is 15.7 Å². The largest absolute Gasteiger partial charge is 0.497 e. The summed E-state index contributed by atoms with van der Waals surface area (Å²) < 4.78 is 48.0. The van der Waals surface area contributed by atoms with Crippen molar-refractivity contribution in [2.45, 2.75) is 56.8 Å². The summed E-state index contributed by atoms with van der Waals surface area (Å²) in [6.45, 7) is 0. The number of nitrogens with two attached hydrogens (primary N) is 1. The molecular formula is C25H26F3N5O3S. The third kappa shape index (κ3) is 4.89. The van der Waals surface area contributed by atoms with E-state index in [9.17, 15) is 22.8 Å². The molecule has 2 atom stereocenters. The number of halogens is 3. The molecule has 2 aliphatic rings. The van der Waals surface area contributed by atoms with Gasteiger partial charge in [0.25, 0.3) is 11.8 Å². The maximum atomic E-state index is 14.0. The number of nitrogens with one attached hydrogen (secondary N) is 2. The van der Waals surface area contributed by atoms with E-state index in [1.54, 1.807) is 24.3 Å². The molecule has 196 valence electrons. The van der Waals surface area contributed by atoms with Crippen LogP contribution in [0, 0.1) is 0 Å². The van der Waals surface area contributed by atoms with Gasteiger partial charge in [-0.05, 0) is 48.9 Å². The van der Waals surface area contributed by atoms with E-state index in [0.29, 0.717) is 22.7 Å². The van der Waals surface area contributed by atoms with Gasteiger partial charge in [-0.1, -0.05) is 18.6 Å². The van der Waals surface area contributed by atoms with Crippen molar-refractivity contribution in [1.82, 2.24) is 9.78 Å². The molecule has 4 N–H and O–H groups in total. The number of primary amides is 1. The molecule has 0 unspecified atom stereocenters. The van der Waals surface area contributed by atoms with Crippen LogP contribution in [0.4, 0.5) is 24.0 Å². The summed E-state index contributed by atoms with van der Waals surface area (Å²) in [5, 5.41) is 10.1. The summed E-state index contributed by atoms with van der Waals surface area (Å²) in [7, 11) is 1.51. The highest BCUT2D eigenvalue weighted by Gasteiger charge is 2.47. The van der Waals surface area contributed by atoms with Crippen molar-refractivity contribution in [3.05, 3.63) is 57.6 Å². The lowest BCUT2D eigenvalue weighted by Gasteiger charge is -2.33. The zero-order valence-electron chi connectivity index (χ0n) is 20.0. The summed E-state index contributed by atoms with van der Waals surface area (Å²) in [5.74, 6) is -0.668. The number of nitrogens with zero attached hydrogens (tertiary/aromatic N) is 2. The Kier molecular flexibility index (Phi) is 6.61. The van der Waals surface area contributed by atoms with Gasteiger partial charge in [-0.15, -0.1) is 11.3 Å². The SMILES string of the molecule is COc1ccc([C@H]2C[C@H](C(F)(F)F)n3nc(C(=O)Nc4sc5c(c4C(N)=O)CCCCC5)cc3N2)cc1. The minimum Gasteiger partial charge on any atom is -0.497 e. The topological polar surface area (TPSA) is 111 Å². The van der Waals surface area contributed by atoms with Crippen molar-refractivity contribution in [2.24, 2.45) is 5.73 Å². The number of amides is 2. The molecule has 37 heavy (non-hydrogen) atoms. The fourth-order valence-corrected chi connectivity index (χ4v) is 6.29. The summed E-state index contributed by atoms with van der Waals surface area (Å²) in [6.07, 6.45) is -0.438. The first-order valence-electron chi connectivity index (χ1n) is 12.0. The molecule has 2 amide bonds. The molecule has 1 aliphatic carbocycles. The number of hydrogen-bond donors (Lipinski definition) is 3. The fraction of sp³-hybridized carbons (Fsp3) is 0.400. The summed E-state index contributed by atoms with van der Waals surface area (Å²) in [6, 6.07) is 5.51. The Hall–Kier alpha value is -3.54. The van der Waals surface area contributed by atoms with Crippen molar-refractivity contribution >= 4 is 34.0 Å². The lowest BCUT2D eigenvalue weighted by molar-refractivity contribution is -0.173. The van der Waals surface area contributed by atoms with Crippen LogP contribution in [0.15, 0.2) is 30.3 Å². The lowest BCUT2D eigenvalue weighted by Crippen LogP contribution is -2.35. The van der Waals surface area contributed by atoms with Crippen molar-refractivity contribution < 1.29 is 27.5 Å². The van der Waals surface area contributed by atoms with E-state index in [4.69, 9.17) is 10.5 Å². The van der Waals surface area contributed by atoms with Gasteiger partial charge in [0, 0.05) is 17.4 Å². The van der Waals surface area contributed by atoms with Gasteiger partial charge in [-0.25, -0.2) is 4.68 Å². The van der Waals surface area contributed by atoms with Gasteiger partial charge >= 0.3 is 6.18 Å². The van der Waals surface area contributed by atoms with Crippen LogP contribution >= 0.6 is 11.3 Å². The van der Waals surface area contributed by atoms with Crippen molar-refractivity contribution in [1.29, 1.82) is 0 Å². The minimum atomic E-state index is -4.58. The van der Waals surface area contributed by atoms with Gasteiger partial charge in [-0.2, -0.15) is 18.3 Å². The predicted octanol–water partition coefficient (Wildman–Crippen LogP) is 5.23. The van der Waals surface area contributed by atoms with Gasteiger partial charge in [0.2, 0.25) is 0 Å². The molecule has 1 aromatic carbocycles. The number of anilines is 2. The molecule has 2 aromatic heterocycles. The zero-order valence-corrected chi connectivity index (χ0v) is 20.8. The second kappa shape index (κ2) is 9.73. The second-order valence-electron chi connectivity index (χ2n) is 9.21. The minimum absolute atomic E-state index is 0.0802. The van der Waals surface area contributed by atoms with E-state index in [-0.39, 0.29) is 23.5 Å². The van der Waals surface area contributed by atoms with Crippen molar-refractivity contribution in [3.63, 3.8) is 0 Å². The predicted molar refractivity (Wildman–Crippen MR) is 133 cm³/mol. The summed E-state index contributed by atoms with van der Waals surface area (Å²) in [4.78, 5) is 26.3. The second-order valence-corrected chi connectivity index (χ2v) is 10.3.